The molecule has 2 aromatic heterocycles. The van der Waals surface area contributed by atoms with Crippen LogP contribution in [0.25, 0.3) is 5.65 Å². The van der Waals surface area contributed by atoms with E-state index in [1.165, 1.54) is 19.3 Å². The summed E-state index contributed by atoms with van der Waals surface area (Å²) in [5, 5.41) is 0. The van der Waals surface area contributed by atoms with Crippen LogP contribution in [0, 0.1) is 9.49 Å². The van der Waals surface area contributed by atoms with Gasteiger partial charge in [-0.15, -0.1) is 0 Å². The predicted octanol–water partition coefficient (Wildman–Crippen LogP) is 2.96. The van der Waals surface area contributed by atoms with E-state index >= 15 is 0 Å². The van der Waals surface area contributed by atoms with Crippen molar-refractivity contribution in [3.8, 4) is 0 Å². The third-order valence-corrected chi connectivity index (χ3v) is 4.42. The van der Waals surface area contributed by atoms with Gasteiger partial charge < -0.3 is 4.90 Å². The smallest absolute Gasteiger partial charge is 0.211 e. The van der Waals surface area contributed by atoms with Gasteiger partial charge in [0, 0.05) is 31.7 Å². The SMILES string of the molecule is C[C@@H]1CCCN(c2ncc(I)c3nccn23)CC1. The number of aromatic nitrogens is 3. The monoisotopic (exact) mass is 356 g/mol. The lowest BCUT2D eigenvalue weighted by molar-refractivity contribution is 0.520. The molecule has 3 rings (SSSR count). The van der Waals surface area contributed by atoms with Gasteiger partial charge >= 0.3 is 0 Å². The van der Waals surface area contributed by atoms with Gasteiger partial charge in [-0.3, -0.25) is 4.40 Å². The van der Waals surface area contributed by atoms with E-state index in [1.54, 1.807) is 0 Å². The second-order valence-corrected chi connectivity index (χ2v) is 6.21. The van der Waals surface area contributed by atoms with Gasteiger partial charge in [0.2, 0.25) is 5.95 Å². The molecule has 4 nitrogen and oxygen atoms in total. The fourth-order valence-electron chi connectivity index (χ4n) is 2.57. The molecule has 1 saturated heterocycles. The van der Waals surface area contributed by atoms with Crippen LogP contribution in [0.3, 0.4) is 0 Å². The van der Waals surface area contributed by atoms with Crippen molar-refractivity contribution in [3.63, 3.8) is 0 Å². The first-order valence-corrected chi connectivity index (χ1v) is 7.56. The van der Waals surface area contributed by atoms with Crippen molar-refractivity contribution in [3.05, 3.63) is 22.2 Å². The molecule has 0 bridgehead atoms. The first-order chi connectivity index (χ1) is 8.75. The molecule has 96 valence electrons. The van der Waals surface area contributed by atoms with E-state index in [9.17, 15) is 0 Å². The predicted molar refractivity (Wildman–Crippen MR) is 80.9 cm³/mol. The fraction of sp³-hybridized carbons (Fsp3) is 0.538. The van der Waals surface area contributed by atoms with Crippen molar-refractivity contribution in [2.45, 2.75) is 26.2 Å². The maximum atomic E-state index is 4.61. The summed E-state index contributed by atoms with van der Waals surface area (Å²) in [4.78, 5) is 11.4. The lowest BCUT2D eigenvalue weighted by Crippen LogP contribution is -2.27. The Morgan fingerprint density at radius 1 is 1.28 bits per heavy atom. The van der Waals surface area contributed by atoms with Crippen LogP contribution >= 0.6 is 22.6 Å². The number of halogens is 1. The van der Waals surface area contributed by atoms with Crippen molar-refractivity contribution in [2.75, 3.05) is 18.0 Å². The number of hydrogen-bond donors (Lipinski definition) is 0. The summed E-state index contributed by atoms with van der Waals surface area (Å²) < 4.78 is 3.21. The summed E-state index contributed by atoms with van der Waals surface area (Å²) in [6.45, 7) is 4.55. The van der Waals surface area contributed by atoms with Crippen LogP contribution in [0.4, 0.5) is 5.95 Å². The number of fused-ring (bicyclic) bond motifs is 1. The molecule has 3 heterocycles. The highest BCUT2D eigenvalue weighted by molar-refractivity contribution is 14.1. The van der Waals surface area contributed by atoms with Crippen molar-refractivity contribution >= 4 is 34.2 Å². The molecule has 0 aliphatic carbocycles. The van der Waals surface area contributed by atoms with Crippen molar-refractivity contribution in [1.29, 1.82) is 0 Å². The highest BCUT2D eigenvalue weighted by atomic mass is 127. The standard InChI is InChI=1S/C13H17IN4/c1-10-3-2-6-17(7-4-10)13-16-9-11(14)12-15-5-8-18(12)13/h5,8-10H,2-4,6-7H2,1H3/t10-/m1/s1. The molecule has 1 fully saturated rings. The number of rotatable bonds is 1. The molecule has 1 atom stereocenters. The molecular formula is C13H17IN4. The lowest BCUT2D eigenvalue weighted by Gasteiger charge is -2.22. The van der Waals surface area contributed by atoms with E-state index in [4.69, 9.17) is 0 Å². The third kappa shape index (κ3) is 2.20. The molecule has 0 amide bonds. The van der Waals surface area contributed by atoms with Crippen LogP contribution < -0.4 is 4.90 Å². The summed E-state index contributed by atoms with van der Waals surface area (Å²) in [5.41, 5.74) is 1.01. The van der Waals surface area contributed by atoms with Crippen LogP contribution in [-0.2, 0) is 0 Å². The number of hydrogen-bond acceptors (Lipinski definition) is 3. The van der Waals surface area contributed by atoms with Gasteiger partial charge in [0.1, 0.15) is 0 Å². The Morgan fingerprint density at radius 3 is 3.06 bits per heavy atom. The van der Waals surface area contributed by atoms with E-state index in [2.05, 4.69) is 48.8 Å². The van der Waals surface area contributed by atoms with Gasteiger partial charge in [0.15, 0.2) is 5.65 Å². The Balaban J connectivity index is 1.98. The molecule has 0 unspecified atom stereocenters. The fourth-order valence-corrected chi connectivity index (χ4v) is 3.11. The van der Waals surface area contributed by atoms with E-state index in [-0.39, 0.29) is 0 Å². The molecule has 0 radical (unpaired) electrons. The zero-order valence-corrected chi connectivity index (χ0v) is 12.7. The summed E-state index contributed by atoms with van der Waals surface area (Å²) in [6.07, 6.45) is 9.62. The molecule has 1 aliphatic rings. The van der Waals surface area contributed by atoms with Crippen LogP contribution in [0.15, 0.2) is 18.6 Å². The maximum absolute atomic E-state index is 4.61. The average Bonchev–Trinajstić information content (AvgIpc) is 2.75. The van der Waals surface area contributed by atoms with Gasteiger partial charge in [-0.1, -0.05) is 6.92 Å². The van der Waals surface area contributed by atoms with Crippen LogP contribution in [0.5, 0.6) is 0 Å². The van der Waals surface area contributed by atoms with Crippen LogP contribution in [0.1, 0.15) is 26.2 Å². The quantitative estimate of drug-likeness (QED) is 0.737. The topological polar surface area (TPSA) is 33.4 Å². The van der Waals surface area contributed by atoms with Crippen molar-refractivity contribution < 1.29 is 0 Å². The maximum Gasteiger partial charge on any atom is 0.211 e. The van der Waals surface area contributed by atoms with Gasteiger partial charge in [-0.05, 0) is 47.8 Å². The molecule has 0 saturated carbocycles. The number of nitrogens with zero attached hydrogens (tertiary/aromatic N) is 4. The van der Waals surface area contributed by atoms with Gasteiger partial charge in [0.05, 0.1) is 3.57 Å². The molecule has 18 heavy (non-hydrogen) atoms. The van der Waals surface area contributed by atoms with E-state index < -0.39 is 0 Å². The molecule has 0 N–H and O–H groups in total. The highest BCUT2D eigenvalue weighted by Gasteiger charge is 2.18. The summed E-state index contributed by atoms with van der Waals surface area (Å²) in [7, 11) is 0. The largest absolute Gasteiger partial charge is 0.342 e. The minimum absolute atomic E-state index is 0.831. The molecule has 0 aromatic carbocycles. The summed E-state index contributed by atoms with van der Waals surface area (Å²) in [6, 6.07) is 0. The van der Waals surface area contributed by atoms with E-state index in [0.717, 1.165) is 34.2 Å². The van der Waals surface area contributed by atoms with Crippen molar-refractivity contribution in [1.82, 2.24) is 14.4 Å². The van der Waals surface area contributed by atoms with Crippen LogP contribution in [-0.4, -0.2) is 27.5 Å². The second kappa shape index (κ2) is 5.03. The summed E-state index contributed by atoms with van der Waals surface area (Å²) >= 11 is 2.29. The number of anilines is 1. The van der Waals surface area contributed by atoms with Crippen molar-refractivity contribution in [2.24, 2.45) is 5.92 Å². The average molecular weight is 356 g/mol. The minimum atomic E-state index is 0.831. The highest BCUT2D eigenvalue weighted by Crippen LogP contribution is 2.23. The van der Waals surface area contributed by atoms with E-state index in [1.807, 2.05) is 18.6 Å². The Kier molecular flexibility index (Phi) is 3.41. The minimum Gasteiger partial charge on any atom is -0.342 e. The molecule has 5 heteroatoms. The Hall–Kier alpha value is -0.850. The second-order valence-electron chi connectivity index (χ2n) is 5.05. The molecule has 1 aliphatic heterocycles. The molecule has 2 aromatic rings. The number of imidazole rings is 1. The van der Waals surface area contributed by atoms with E-state index in [0.29, 0.717) is 0 Å². The zero-order valence-electron chi connectivity index (χ0n) is 10.5. The summed E-state index contributed by atoms with van der Waals surface area (Å²) in [5.74, 6) is 1.87. The Morgan fingerprint density at radius 2 is 2.17 bits per heavy atom. The van der Waals surface area contributed by atoms with Gasteiger partial charge in [-0.25, -0.2) is 9.97 Å². The molecular weight excluding hydrogens is 339 g/mol. The first-order valence-electron chi connectivity index (χ1n) is 6.48. The lowest BCUT2D eigenvalue weighted by atomic mass is 10.0. The first kappa shape index (κ1) is 12.2. The Bertz CT molecular complexity index is 551. The van der Waals surface area contributed by atoms with Gasteiger partial charge in [-0.2, -0.15) is 0 Å². The zero-order chi connectivity index (χ0) is 12.5. The van der Waals surface area contributed by atoms with Crippen LogP contribution in [0.2, 0.25) is 0 Å². The normalized spacial score (nSPS) is 21.2. The third-order valence-electron chi connectivity index (χ3n) is 3.66. The molecule has 0 spiro atoms. The Labute approximate surface area is 121 Å². The van der Waals surface area contributed by atoms with Gasteiger partial charge in [0.25, 0.3) is 0 Å².